The number of hydrogen-bond donors (Lipinski definition) is 2. The lowest BCUT2D eigenvalue weighted by atomic mass is 9.72. The number of piperidine rings is 1. The summed E-state index contributed by atoms with van der Waals surface area (Å²) in [4.78, 5) is 14.9. The third-order valence-electron chi connectivity index (χ3n) is 7.17. The van der Waals surface area contributed by atoms with E-state index in [9.17, 15) is 9.90 Å². The lowest BCUT2D eigenvalue weighted by Crippen LogP contribution is -2.69. The third-order valence-corrected chi connectivity index (χ3v) is 7.17. The highest BCUT2D eigenvalue weighted by Crippen LogP contribution is 2.40. The van der Waals surface area contributed by atoms with Gasteiger partial charge in [-0.15, -0.1) is 0 Å². The van der Waals surface area contributed by atoms with E-state index >= 15 is 0 Å². The second-order valence-corrected chi connectivity index (χ2v) is 9.21. The van der Waals surface area contributed by atoms with Crippen molar-refractivity contribution in [1.82, 2.24) is 10.2 Å². The van der Waals surface area contributed by atoms with E-state index in [1.807, 2.05) is 25.1 Å². The van der Waals surface area contributed by atoms with Crippen LogP contribution in [0.1, 0.15) is 51.0 Å². The van der Waals surface area contributed by atoms with Crippen molar-refractivity contribution in [3.05, 3.63) is 42.0 Å². The zero-order chi connectivity index (χ0) is 20.3. The number of rotatable bonds is 5. The van der Waals surface area contributed by atoms with Crippen LogP contribution in [-0.4, -0.2) is 59.4 Å². The number of carbonyl (C=O) groups is 1. The number of benzene rings is 1. The number of aliphatic hydroxyl groups is 1. The number of likely N-dealkylation sites (tertiary alicyclic amines) is 1. The van der Waals surface area contributed by atoms with Crippen molar-refractivity contribution < 1.29 is 14.6 Å². The number of ether oxygens (including phenoxy) is 1. The molecule has 0 aromatic heterocycles. The van der Waals surface area contributed by atoms with Crippen LogP contribution in [0.4, 0.5) is 0 Å². The number of carbonyl (C=O) groups excluding carboxylic acids is 1. The molecular weight excluding hydrogens is 364 g/mol. The minimum atomic E-state index is -0.671. The highest BCUT2D eigenvalue weighted by molar-refractivity contribution is 5.80. The SMILES string of the molecule is C[C@]1(NC(=O)C2CCC2)CCOC2(CCN(CC=Cc3ccccc3)CC2)[C@@H]1O. The Hall–Kier alpha value is -1.69. The summed E-state index contributed by atoms with van der Waals surface area (Å²) >= 11 is 0. The van der Waals surface area contributed by atoms with Crippen molar-refractivity contribution in [3.8, 4) is 0 Å². The maximum absolute atomic E-state index is 12.5. The fourth-order valence-electron chi connectivity index (χ4n) is 4.88. The topological polar surface area (TPSA) is 61.8 Å². The van der Waals surface area contributed by atoms with Crippen LogP contribution in [-0.2, 0) is 9.53 Å². The molecule has 5 nitrogen and oxygen atoms in total. The molecule has 29 heavy (non-hydrogen) atoms. The quantitative estimate of drug-likeness (QED) is 0.801. The van der Waals surface area contributed by atoms with Gasteiger partial charge in [0.25, 0.3) is 0 Å². The molecule has 2 N–H and O–H groups in total. The Bertz CT molecular complexity index is 723. The van der Waals surface area contributed by atoms with Gasteiger partial charge >= 0.3 is 0 Å². The Balaban J connectivity index is 1.33. The van der Waals surface area contributed by atoms with Crippen LogP contribution in [0.3, 0.4) is 0 Å². The molecular formula is C24H34N2O3. The lowest BCUT2D eigenvalue weighted by molar-refractivity contribution is -0.208. The molecule has 3 fully saturated rings. The predicted molar refractivity (Wildman–Crippen MR) is 114 cm³/mol. The maximum Gasteiger partial charge on any atom is 0.223 e. The minimum absolute atomic E-state index is 0.110. The number of amides is 1. The van der Waals surface area contributed by atoms with E-state index in [1.54, 1.807) is 0 Å². The van der Waals surface area contributed by atoms with Crippen LogP contribution in [0.25, 0.3) is 6.08 Å². The van der Waals surface area contributed by atoms with Gasteiger partial charge in [0.1, 0.15) is 6.10 Å². The molecule has 0 bridgehead atoms. The van der Waals surface area contributed by atoms with Crippen molar-refractivity contribution in [1.29, 1.82) is 0 Å². The largest absolute Gasteiger partial charge is 0.388 e. The second-order valence-electron chi connectivity index (χ2n) is 9.21. The first-order chi connectivity index (χ1) is 14.0. The van der Waals surface area contributed by atoms with Crippen LogP contribution in [0.15, 0.2) is 36.4 Å². The maximum atomic E-state index is 12.5. The van der Waals surface area contributed by atoms with Crippen molar-refractivity contribution in [2.45, 2.75) is 62.7 Å². The molecule has 1 saturated carbocycles. The van der Waals surface area contributed by atoms with Gasteiger partial charge in [0, 0.05) is 32.2 Å². The van der Waals surface area contributed by atoms with E-state index in [4.69, 9.17) is 4.74 Å². The van der Waals surface area contributed by atoms with Gasteiger partial charge in [-0.1, -0.05) is 48.9 Å². The molecule has 1 spiro atoms. The van der Waals surface area contributed by atoms with E-state index in [1.165, 1.54) is 5.56 Å². The van der Waals surface area contributed by atoms with Crippen LogP contribution in [0.2, 0.25) is 0 Å². The third kappa shape index (κ3) is 4.42. The Morgan fingerprint density at radius 1 is 1.24 bits per heavy atom. The van der Waals surface area contributed by atoms with Gasteiger partial charge in [-0.25, -0.2) is 0 Å². The van der Waals surface area contributed by atoms with E-state index in [0.29, 0.717) is 13.0 Å². The van der Waals surface area contributed by atoms with Crippen molar-refractivity contribution in [2.75, 3.05) is 26.2 Å². The average molecular weight is 399 g/mol. The van der Waals surface area contributed by atoms with E-state index in [0.717, 1.165) is 51.7 Å². The second kappa shape index (κ2) is 8.58. The molecule has 5 heteroatoms. The summed E-state index contributed by atoms with van der Waals surface area (Å²) in [5.41, 5.74) is 0.0739. The number of nitrogens with zero attached hydrogens (tertiary/aromatic N) is 1. The fourth-order valence-corrected chi connectivity index (χ4v) is 4.88. The Kier molecular flexibility index (Phi) is 6.09. The first kappa shape index (κ1) is 20.6. The zero-order valence-electron chi connectivity index (χ0n) is 17.5. The summed E-state index contributed by atoms with van der Waals surface area (Å²) < 4.78 is 6.17. The molecule has 2 saturated heterocycles. The van der Waals surface area contributed by atoms with Gasteiger partial charge in [0.15, 0.2) is 0 Å². The van der Waals surface area contributed by atoms with Crippen LogP contribution in [0, 0.1) is 5.92 Å². The zero-order valence-corrected chi connectivity index (χ0v) is 17.5. The Labute approximate surface area is 174 Å². The van der Waals surface area contributed by atoms with Gasteiger partial charge in [0.2, 0.25) is 5.91 Å². The number of nitrogens with one attached hydrogen (secondary N) is 1. The molecule has 1 amide bonds. The van der Waals surface area contributed by atoms with Crippen LogP contribution in [0.5, 0.6) is 0 Å². The molecule has 2 heterocycles. The monoisotopic (exact) mass is 398 g/mol. The highest BCUT2D eigenvalue weighted by Gasteiger charge is 2.54. The smallest absolute Gasteiger partial charge is 0.223 e. The molecule has 2 atom stereocenters. The number of hydrogen-bond acceptors (Lipinski definition) is 4. The van der Waals surface area contributed by atoms with E-state index in [-0.39, 0.29) is 11.8 Å². The van der Waals surface area contributed by atoms with Crippen LogP contribution < -0.4 is 5.32 Å². The van der Waals surface area contributed by atoms with Crippen molar-refractivity contribution in [3.63, 3.8) is 0 Å². The van der Waals surface area contributed by atoms with E-state index in [2.05, 4.69) is 34.5 Å². The average Bonchev–Trinajstić information content (AvgIpc) is 2.67. The van der Waals surface area contributed by atoms with E-state index < -0.39 is 17.2 Å². The molecule has 2 aliphatic heterocycles. The fraction of sp³-hybridized carbons (Fsp3) is 0.625. The highest BCUT2D eigenvalue weighted by atomic mass is 16.5. The normalized spacial score (nSPS) is 30.3. The summed E-state index contributed by atoms with van der Waals surface area (Å²) in [6.45, 7) is 5.27. The molecule has 3 aliphatic rings. The molecule has 1 aromatic rings. The minimum Gasteiger partial charge on any atom is -0.388 e. The first-order valence-electron chi connectivity index (χ1n) is 11.1. The van der Waals surface area contributed by atoms with Gasteiger partial charge < -0.3 is 15.2 Å². The first-order valence-corrected chi connectivity index (χ1v) is 11.1. The standard InChI is InChI=1S/C24H34N2O3/c1-23(25-21(27)20-10-5-11-20)14-18-29-24(22(23)28)12-16-26(17-13-24)15-6-9-19-7-3-2-4-8-19/h2-4,6-9,20,22,28H,5,10-18H2,1H3,(H,25,27)/t22-,23+/m1/s1. The molecule has 1 aliphatic carbocycles. The lowest BCUT2D eigenvalue weighted by Gasteiger charge is -2.54. The molecule has 158 valence electrons. The van der Waals surface area contributed by atoms with Crippen molar-refractivity contribution in [2.24, 2.45) is 5.92 Å². The van der Waals surface area contributed by atoms with Crippen LogP contribution >= 0.6 is 0 Å². The van der Waals surface area contributed by atoms with Gasteiger partial charge in [-0.2, -0.15) is 0 Å². The molecule has 4 rings (SSSR count). The summed E-state index contributed by atoms with van der Waals surface area (Å²) in [6, 6.07) is 10.3. The summed E-state index contributed by atoms with van der Waals surface area (Å²) in [6.07, 6.45) is 9.03. The molecule has 0 radical (unpaired) electrons. The molecule has 1 aromatic carbocycles. The van der Waals surface area contributed by atoms with Gasteiger partial charge in [-0.3, -0.25) is 9.69 Å². The summed E-state index contributed by atoms with van der Waals surface area (Å²) in [5.74, 6) is 0.245. The molecule has 0 unspecified atom stereocenters. The predicted octanol–water partition coefficient (Wildman–Crippen LogP) is 2.99. The van der Waals surface area contributed by atoms with Gasteiger partial charge in [0.05, 0.1) is 11.1 Å². The van der Waals surface area contributed by atoms with Crippen molar-refractivity contribution >= 4 is 12.0 Å². The summed E-state index contributed by atoms with van der Waals surface area (Å²) in [7, 11) is 0. The summed E-state index contributed by atoms with van der Waals surface area (Å²) in [5, 5.41) is 14.5. The Morgan fingerprint density at radius 2 is 1.97 bits per heavy atom. The Morgan fingerprint density at radius 3 is 2.62 bits per heavy atom. The van der Waals surface area contributed by atoms with Gasteiger partial charge in [-0.05, 0) is 44.6 Å². The number of aliphatic hydroxyl groups excluding tert-OH is 1.